The van der Waals surface area contributed by atoms with Crippen molar-refractivity contribution in [1.29, 1.82) is 0 Å². The Bertz CT molecular complexity index is 1050. The van der Waals surface area contributed by atoms with Gasteiger partial charge in [0.15, 0.2) is 0 Å². The topological polar surface area (TPSA) is 92.3 Å². The Balaban J connectivity index is 1.43. The first-order valence-corrected chi connectivity index (χ1v) is 11.9. The van der Waals surface area contributed by atoms with Crippen LogP contribution in [0.25, 0.3) is 10.6 Å². The number of aromatic nitrogens is 2. The van der Waals surface area contributed by atoms with E-state index in [1.54, 1.807) is 17.5 Å². The molecule has 7 nitrogen and oxygen atoms in total. The number of hydrogen-bond acceptors (Lipinski definition) is 7. The summed E-state index contributed by atoms with van der Waals surface area (Å²) in [5, 5.41) is 13.8. The van der Waals surface area contributed by atoms with Gasteiger partial charge in [-0.15, -0.1) is 21.5 Å². The van der Waals surface area contributed by atoms with Crippen LogP contribution in [-0.4, -0.2) is 41.9 Å². The highest BCUT2D eigenvalue weighted by atomic mass is 32.2. The molecule has 3 heterocycles. The second-order valence-electron chi connectivity index (χ2n) is 6.40. The predicted octanol–water partition coefficient (Wildman–Crippen LogP) is 3.31. The fourth-order valence-corrected chi connectivity index (χ4v) is 6.51. The highest BCUT2D eigenvalue weighted by Crippen LogP contribution is 2.29. The van der Waals surface area contributed by atoms with Gasteiger partial charge in [-0.25, -0.2) is 8.42 Å². The number of amides is 1. The molecule has 1 aliphatic heterocycles. The van der Waals surface area contributed by atoms with Crippen LogP contribution in [0.2, 0.25) is 0 Å². The van der Waals surface area contributed by atoms with Crippen LogP contribution < -0.4 is 5.32 Å². The third kappa shape index (κ3) is 4.00. The average molecular weight is 435 g/mol. The fraction of sp³-hybridized carbons (Fsp3) is 0.278. The molecule has 1 fully saturated rings. The smallest absolute Gasteiger partial charge is 0.252 e. The van der Waals surface area contributed by atoms with Crippen molar-refractivity contribution in [2.24, 2.45) is 5.92 Å². The largest absolute Gasteiger partial charge is 0.300 e. The molecule has 0 saturated carbocycles. The number of carbonyl (C=O) groups is 1. The van der Waals surface area contributed by atoms with E-state index in [0.29, 0.717) is 28.7 Å². The minimum absolute atomic E-state index is 0.177. The fourth-order valence-electron chi connectivity index (χ4n) is 3.09. The normalized spacial score (nSPS) is 18.1. The summed E-state index contributed by atoms with van der Waals surface area (Å²) in [6.07, 6.45) is 1.29. The number of thiophene rings is 1. The molecule has 28 heavy (non-hydrogen) atoms. The van der Waals surface area contributed by atoms with Gasteiger partial charge in [-0.05, 0) is 24.3 Å². The van der Waals surface area contributed by atoms with E-state index in [1.807, 2.05) is 30.3 Å². The molecule has 4 rings (SSSR count). The zero-order valence-electron chi connectivity index (χ0n) is 14.8. The van der Waals surface area contributed by atoms with Crippen molar-refractivity contribution >= 4 is 43.7 Å². The molecule has 1 aromatic carbocycles. The molecular weight excluding hydrogens is 416 g/mol. The number of nitrogens with one attached hydrogen (secondary N) is 1. The molecule has 1 unspecified atom stereocenters. The van der Waals surface area contributed by atoms with E-state index < -0.39 is 15.9 Å². The molecule has 10 heteroatoms. The van der Waals surface area contributed by atoms with Crippen molar-refractivity contribution in [3.05, 3.63) is 47.8 Å². The minimum atomic E-state index is -3.54. The van der Waals surface area contributed by atoms with E-state index in [-0.39, 0.29) is 12.5 Å². The van der Waals surface area contributed by atoms with Crippen molar-refractivity contribution in [1.82, 2.24) is 14.5 Å². The van der Waals surface area contributed by atoms with E-state index >= 15 is 0 Å². The van der Waals surface area contributed by atoms with Crippen LogP contribution in [0.4, 0.5) is 5.13 Å². The Hall–Kier alpha value is -2.14. The second kappa shape index (κ2) is 8.08. The van der Waals surface area contributed by atoms with Gasteiger partial charge in [-0.3, -0.25) is 4.79 Å². The average Bonchev–Trinajstić information content (AvgIpc) is 3.41. The summed E-state index contributed by atoms with van der Waals surface area (Å²) in [7, 11) is -3.54. The summed E-state index contributed by atoms with van der Waals surface area (Å²) >= 11 is 2.49. The van der Waals surface area contributed by atoms with E-state index in [1.165, 1.54) is 27.0 Å². The SMILES string of the molecule is O=C(Nc1nnc(-c2ccccc2)s1)C1CCCN(S(=O)(=O)c2cccs2)C1. The minimum Gasteiger partial charge on any atom is -0.300 e. The van der Waals surface area contributed by atoms with Crippen molar-refractivity contribution in [2.75, 3.05) is 18.4 Å². The third-order valence-electron chi connectivity index (χ3n) is 4.52. The summed E-state index contributed by atoms with van der Waals surface area (Å²) in [5.74, 6) is -0.630. The standard InChI is InChI=1S/C18H18N4O3S3/c23-16(19-18-21-20-17(27-18)13-6-2-1-3-7-13)14-8-4-10-22(12-14)28(24,25)15-9-5-11-26-15/h1-3,5-7,9,11,14H,4,8,10,12H2,(H,19,21,23). The zero-order valence-corrected chi connectivity index (χ0v) is 17.3. The van der Waals surface area contributed by atoms with Crippen LogP contribution in [0.3, 0.4) is 0 Å². The number of piperidine rings is 1. The van der Waals surface area contributed by atoms with Crippen molar-refractivity contribution < 1.29 is 13.2 Å². The van der Waals surface area contributed by atoms with Crippen molar-refractivity contribution in [2.45, 2.75) is 17.1 Å². The quantitative estimate of drug-likeness (QED) is 0.665. The number of rotatable bonds is 5. The number of carbonyl (C=O) groups excluding carboxylic acids is 1. The maximum absolute atomic E-state index is 12.7. The summed E-state index contributed by atoms with van der Waals surface area (Å²) in [4.78, 5) is 12.7. The number of anilines is 1. The lowest BCUT2D eigenvalue weighted by molar-refractivity contribution is -0.120. The molecule has 1 N–H and O–H groups in total. The van der Waals surface area contributed by atoms with Gasteiger partial charge in [0.1, 0.15) is 9.22 Å². The van der Waals surface area contributed by atoms with Gasteiger partial charge in [0.25, 0.3) is 10.0 Å². The van der Waals surface area contributed by atoms with Crippen LogP contribution in [0.1, 0.15) is 12.8 Å². The molecule has 146 valence electrons. The molecule has 1 saturated heterocycles. The van der Waals surface area contributed by atoms with Gasteiger partial charge in [0, 0.05) is 18.7 Å². The Kier molecular flexibility index (Phi) is 5.54. The maximum Gasteiger partial charge on any atom is 0.252 e. The lowest BCUT2D eigenvalue weighted by Gasteiger charge is -2.30. The summed E-state index contributed by atoms with van der Waals surface area (Å²) in [6.45, 7) is 0.609. The molecule has 0 radical (unpaired) electrons. The first-order valence-electron chi connectivity index (χ1n) is 8.77. The van der Waals surface area contributed by atoms with Crippen LogP contribution in [0.5, 0.6) is 0 Å². The van der Waals surface area contributed by atoms with Gasteiger partial charge in [-0.1, -0.05) is 47.7 Å². The number of nitrogens with zero attached hydrogens (tertiary/aromatic N) is 3. The molecule has 1 atom stereocenters. The van der Waals surface area contributed by atoms with Crippen LogP contribution >= 0.6 is 22.7 Å². The molecule has 0 bridgehead atoms. The number of hydrogen-bond donors (Lipinski definition) is 1. The molecular formula is C18H18N4O3S3. The first kappa shape index (κ1) is 19.2. The lowest BCUT2D eigenvalue weighted by Crippen LogP contribution is -2.43. The molecule has 3 aromatic rings. The molecule has 1 amide bonds. The van der Waals surface area contributed by atoms with Gasteiger partial charge in [0.05, 0.1) is 5.92 Å². The Morgan fingerprint density at radius 3 is 2.71 bits per heavy atom. The maximum atomic E-state index is 12.7. The third-order valence-corrected chi connectivity index (χ3v) is 8.65. The Labute approximate surface area is 171 Å². The monoisotopic (exact) mass is 434 g/mol. The predicted molar refractivity (Wildman–Crippen MR) is 110 cm³/mol. The van der Waals surface area contributed by atoms with Crippen LogP contribution in [-0.2, 0) is 14.8 Å². The Morgan fingerprint density at radius 2 is 1.96 bits per heavy atom. The summed E-state index contributed by atoms with van der Waals surface area (Å²) in [5.41, 5.74) is 0.936. The Morgan fingerprint density at radius 1 is 1.14 bits per heavy atom. The van der Waals surface area contributed by atoms with Crippen LogP contribution in [0.15, 0.2) is 52.1 Å². The molecule has 1 aliphatic rings. The van der Waals surface area contributed by atoms with Crippen LogP contribution in [0, 0.1) is 5.92 Å². The number of sulfonamides is 1. The van der Waals surface area contributed by atoms with Gasteiger partial charge in [-0.2, -0.15) is 4.31 Å². The second-order valence-corrected chi connectivity index (χ2v) is 10.5. The lowest BCUT2D eigenvalue weighted by atomic mass is 9.99. The first-order chi connectivity index (χ1) is 13.5. The summed E-state index contributed by atoms with van der Waals surface area (Å²) in [6, 6.07) is 12.9. The van der Waals surface area contributed by atoms with Crippen molar-refractivity contribution in [3.63, 3.8) is 0 Å². The van der Waals surface area contributed by atoms with E-state index in [9.17, 15) is 13.2 Å². The molecule has 2 aromatic heterocycles. The van der Waals surface area contributed by atoms with Gasteiger partial charge >= 0.3 is 0 Å². The van der Waals surface area contributed by atoms with Gasteiger partial charge in [0.2, 0.25) is 11.0 Å². The zero-order chi connectivity index (χ0) is 19.6. The molecule has 0 spiro atoms. The highest BCUT2D eigenvalue weighted by molar-refractivity contribution is 7.91. The molecule has 0 aliphatic carbocycles. The van der Waals surface area contributed by atoms with Gasteiger partial charge < -0.3 is 5.32 Å². The van der Waals surface area contributed by atoms with E-state index in [0.717, 1.165) is 10.6 Å². The summed E-state index contributed by atoms with van der Waals surface area (Å²) < 4.78 is 27.2. The number of benzene rings is 1. The highest BCUT2D eigenvalue weighted by Gasteiger charge is 2.34. The van der Waals surface area contributed by atoms with Crippen molar-refractivity contribution in [3.8, 4) is 10.6 Å². The van der Waals surface area contributed by atoms with E-state index in [4.69, 9.17) is 0 Å². The van der Waals surface area contributed by atoms with E-state index in [2.05, 4.69) is 15.5 Å².